The summed E-state index contributed by atoms with van der Waals surface area (Å²) in [5.74, 6) is -0.570. The maximum Gasteiger partial charge on any atom is 0.306 e. The fourth-order valence-corrected chi connectivity index (χ4v) is 2.55. The van der Waals surface area contributed by atoms with Gasteiger partial charge in [-0.15, -0.1) is 0 Å². The zero-order valence-corrected chi connectivity index (χ0v) is 12.0. The number of benzene rings is 1. The Morgan fingerprint density at radius 3 is 2.29 bits per heavy atom. The van der Waals surface area contributed by atoms with E-state index in [9.17, 15) is 14.7 Å². The van der Waals surface area contributed by atoms with Crippen molar-refractivity contribution in [1.82, 2.24) is 0 Å². The number of hydrogen-bond acceptors (Lipinski definition) is 4. The van der Waals surface area contributed by atoms with Crippen molar-refractivity contribution in [3.8, 4) is 5.75 Å². The minimum atomic E-state index is -0.967. The molecule has 114 valence electrons. The van der Waals surface area contributed by atoms with Gasteiger partial charge in [-0.05, 0) is 56.9 Å². The molecular weight excluding hydrogens is 272 g/mol. The van der Waals surface area contributed by atoms with Crippen LogP contribution in [-0.2, 0) is 4.79 Å². The first-order valence-corrected chi connectivity index (χ1v) is 7.09. The molecule has 0 amide bonds. The van der Waals surface area contributed by atoms with Gasteiger partial charge < -0.3 is 14.9 Å². The molecule has 0 aromatic heterocycles. The Labute approximate surface area is 123 Å². The van der Waals surface area contributed by atoms with E-state index >= 15 is 0 Å². The largest absolute Gasteiger partial charge is 0.491 e. The average molecular weight is 292 g/mol. The van der Waals surface area contributed by atoms with Gasteiger partial charge in [0.1, 0.15) is 12.4 Å². The average Bonchev–Trinajstić information content (AvgIpc) is 2.46. The first kappa shape index (κ1) is 15.5. The number of carbonyl (C=O) groups is 2. The Morgan fingerprint density at radius 1 is 1.24 bits per heavy atom. The van der Waals surface area contributed by atoms with Gasteiger partial charge >= 0.3 is 5.97 Å². The van der Waals surface area contributed by atoms with Crippen LogP contribution < -0.4 is 4.74 Å². The lowest BCUT2D eigenvalue weighted by Gasteiger charge is -2.34. The lowest BCUT2D eigenvalue weighted by atomic mass is 9.79. The summed E-state index contributed by atoms with van der Waals surface area (Å²) in [5, 5.41) is 19.3. The fourth-order valence-electron chi connectivity index (χ4n) is 2.55. The van der Waals surface area contributed by atoms with Gasteiger partial charge in [0, 0.05) is 5.56 Å². The molecule has 1 aliphatic carbocycles. The molecule has 21 heavy (non-hydrogen) atoms. The molecule has 2 N–H and O–H groups in total. The van der Waals surface area contributed by atoms with Gasteiger partial charge in [0.25, 0.3) is 0 Å². The van der Waals surface area contributed by atoms with Crippen LogP contribution in [0.3, 0.4) is 0 Å². The molecule has 0 atom stereocenters. The number of carboxylic acids is 1. The summed E-state index contributed by atoms with van der Waals surface area (Å²) in [6, 6.07) is 6.76. The number of ether oxygens (including phenoxy) is 1. The zero-order valence-electron chi connectivity index (χ0n) is 12.0. The minimum absolute atomic E-state index is 0.00725. The van der Waals surface area contributed by atoms with Crippen LogP contribution in [0.15, 0.2) is 24.3 Å². The summed E-state index contributed by atoms with van der Waals surface area (Å²) < 4.78 is 5.57. The molecule has 0 aliphatic heterocycles. The third-order valence-electron chi connectivity index (χ3n) is 4.03. The standard InChI is InChI=1S/C16H20O5/c1-11(17)12-2-4-14(5-3-12)21-10-16(20)8-6-13(7-9-16)15(18)19/h2-5,13,20H,6-10H2,1H3,(H,18,19). The van der Waals surface area contributed by atoms with E-state index in [-0.39, 0.29) is 18.3 Å². The molecule has 0 bridgehead atoms. The molecule has 0 saturated heterocycles. The molecule has 1 aromatic rings. The van der Waals surface area contributed by atoms with E-state index in [4.69, 9.17) is 9.84 Å². The van der Waals surface area contributed by atoms with Crippen molar-refractivity contribution >= 4 is 11.8 Å². The Hall–Kier alpha value is -1.88. The van der Waals surface area contributed by atoms with E-state index in [2.05, 4.69) is 0 Å². The van der Waals surface area contributed by atoms with Crippen molar-refractivity contribution in [2.24, 2.45) is 5.92 Å². The number of carboxylic acid groups (broad SMARTS) is 1. The molecule has 2 rings (SSSR count). The summed E-state index contributed by atoms with van der Waals surface area (Å²) in [4.78, 5) is 22.1. The van der Waals surface area contributed by atoms with E-state index in [0.717, 1.165) is 0 Å². The summed E-state index contributed by atoms with van der Waals surface area (Å²) in [5.41, 5.74) is -0.353. The lowest BCUT2D eigenvalue weighted by Crippen LogP contribution is -2.41. The highest BCUT2D eigenvalue weighted by Gasteiger charge is 2.36. The third kappa shape index (κ3) is 4.04. The van der Waals surface area contributed by atoms with Crippen LogP contribution in [0.1, 0.15) is 43.0 Å². The van der Waals surface area contributed by atoms with Crippen molar-refractivity contribution in [1.29, 1.82) is 0 Å². The van der Waals surface area contributed by atoms with Crippen LogP contribution in [0.25, 0.3) is 0 Å². The quantitative estimate of drug-likeness (QED) is 0.813. The third-order valence-corrected chi connectivity index (χ3v) is 4.03. The maximum atomic E-state index is 11.2. The minimum Gasteiger partial charge on any atom is -0.491 e. The Balaban J connectivity index is 1.88. The van der Waals surface area contributed by atoms with E-state index < -0.39 is 11.6 Å². The first-order chi connectivity index (χ1) is 9.89. The predicted octanol–water partition coefficient (Wildman–Crippen LogP) is 2.27. The highest BCUT2D eigenvalue weighted by molar-refractivity contribution is 5.94. The second-order valence-electron chi connectivity index (χ2n) is 5.71. The van der Waals surface area contributed by atoms with Crippen molar-refractivity contribution in [3.05, 3.63) is 29.8 Å². The molecule has 0 spiro atoms. The monoisotopic (exact) mass is 292 g/mol. The first-order valence-electron chi connectivity index (χ1n) is 7.09. The molecule has 5 nitrogen and oxygen atoms in total. The molecule has 0 heterocycles. The van der Waals surface area contributed by atoms with Crippen LogP contribution in [-0.4, -0.2) is 34.2 Å². The van der Waals surface area contributed by atoms with E-state index in [1.165, 1.54) is 6.92 Å². The Kier molecular flexibility index (Phi) is 4.63. The van der Waals surface area contributed by atoms with Gasteiger partial charge in [-0.3, -0.25) is 9.59 Å². The summed E-state index contributed by atoms with van der Waals surface area (Å²) in [7, 11) is 0. The van der Waals surface area contributed by atoms with Crippen LogP contribution >= 0.6 is 0 Å². The van der Waals surface area contributed by atoms with Crippen LogP contribution in [0, 0.1) is 5.92 Å². The number of carbonyl (C=O) groups excluding carboxylic acids is 1. The second-order valence-corrected chi connectivity index (χ2v) is 5.71. The summed E-state index contributed by atoms with van der Waals surface area (Å²) >= 11 is 0. The van der Waals surface area contributed by atoms with Crippen molar-refractivity contribution < 1.29 is 24.5 Å². The van der Waals surface area contributed by atoms with E-state index in [1.54, 1.807) is 24.3 Å². The van der Waals surface area contributed by atoms with Crippen molar-refractivity contribution in [3.63, 3.8) is 0 Å². The second kappa shape index (κ2) is 6.26. The van der Waals surface area contributed by atoms with E-state index in [1.807, 2.05) is 0 Å². The molecular formula is C16H20O5. The molecule has 0 radical (unpaired) electrons. The van der Waals surface area contributed by atoms with Gasteiger partial charge in [0.15, 0.2) is 5.78 Å². The zero-order chi connectivity index (χ0) is 15.5. The highest BCUT2D eigenvalue weighted by Crippen LogP contribution is 2.32. The van der Waals surface area contributed by atoms with Gasteiger partial charge in [0.05, 0.1) is 11.5 Å². The molecule has 5 heteroatoms. The molecule has 1 aliphatic rings. The topological polar surface area (TPSA) is 83.8 Å². The Morgan fingerprint density at radius 2 is 1.81 bits per heavy atom. The van der Waals surface area contributed by atoms with Crippen LogP contribution in [0.2, 0.25) is 0 Å². The predicted molar refractivity (Wildman–Crippen MR) is 76.5 cm³/mol. The van der Waals surface area contributed by atoms with E-state index in [0.29, 0.717) is 37.0 Å². The van der Waals surface area contributed by atoms with Crippen molar-refractivity contribution in [2.45, 2.75) is 38.2 Å². The Bertz CT molecular complexity index is 512. The summed E-state index contributed by atoms with van der Waals surface area (Å²) in [6.45, 7) is 1.64. The van der Waals surface area contributed by atoms with Gasteiger partial charge in [-0.1, -0.05) is 0 Å². The van der Waals surface area contributed by atoms with Gasteiger partial charge in [-0.25, -0.2) is 0 Å². The maximum absolute atomic E-state index is 11.2. The summed E-state index contributed by atoms with van der Waals surface area (Å²) in [6.07, 6.45) is 1.79. The fraction of sp³-hybridized carbons (Fsp3) is 0.500. The number of aliphatic hydroxyl groups is 1. The number of ketones is 1. The SMILES string of the molecule is CC(=O)c1ccc(OCC2(O)CCC(C(=O)O)CC2)cc1. The highest BCUT2D eigenvalue weighted by atomic mass is 16.5. The lowest BCUT2D eigenvalue weighted by molar-refractivity contribution is -0.145. The number of hydrogen-bond donors (Lipinski definition) is 2. The number of rotatable bonds is 5. The molecule has 0 unspecified atom stereocenters. The molecule has 1 aromatic carbocycles. The smallest absolute Gasteiger partial charge is 0.306 e. The number of Topliss-reactive ketones (excluding diaryl/α,β-unsaturated/α-hetero) is 1. The van der Waals surface area contributed by atoms with Crippen LogP contribution in [0.5, 0.6) is 5.75 Å². The molecule has 1 fully saturated rings. The number of aliphatic carboxylic acids is 1. The normalized spacial score (nSPS) is 25.3. The van der Waals surface area contributed by atoms with Crippen molar-refractivity contribution in [2.75, 3.05) is 6.61 Å². The van der Waals surface area contributed by atoms with Gasteiger partial charge in [-0.2, -0.15) is 0 Å². The van der Waals surface area contributed by atoms with Gasteiger partial charge in [0.2, 0.25) is 0 Å². The van der Waals surface area contributed by atoms with Crippen LogP contribution in [0.4, 0.5) is 0 Å². The molecule has 1 saturated carbocycles.